The minimum atomic E-state index is -0.332. The standard InChI is InChI=1S/C25H24N6O3S/c1-3-34-19-14-12-18(13-15-19)26-24(33)20-9-5-6-10-21(20)27-23(32)16-35-25-28-29-30-31(25)22-11-7-4-8-17(22)2/h4-15H,3,16H2,1-2H3,(H,26,33)(H,27,32). The SMILES string of the molecule is CCOc1ccc(NC(=O)c2ccccc2NC(=O)CSc2nnnn2-c2ccccc2C)cc1. The molecule has 0 saturated heterocycles. The lowest BCUT2D eigenvalue weighted by atomic mass is 10.1. The summed E-state index contributed by atoms with van der Waals surface area (Å²) in [5.74, 6) is 0.183. The van der Waals surface area contributed by atoms with Crippen molar-refractivity contribution in [1.29, 1.82) is 0 Å². The molecule has 0 spiro atoms. The molecule has 0 aliphatic heterocycles. The summed E-state index contributed by atoms with van der Waals surface area (Å²) in [5, 5.41) is 18.0. The minimum absolute atomic E-state index is 0.0705. The van der Waals surface area contributed by atoms with E-state index in [-0.39, 0.29) is 17.6 Å². The Labute approximate surface area is 206 Å². The fourth-order valence-corrected chi connectivity index (χ4v) is 4.01. The predicted molar refractivity (Wildman–Crippen MR) is 135 cm³/mol. The molecule has 9 nitrogen and oxygen atoms in total. The largest absolute Gasteiger partial charge is 0.494 e. The number of hydrogen-bond donors (Lipinski definition) is 2. The van der Waals surface area contributed by atoms with Gasteiger partial charge in [0.15, 0.2) is 0 Å². The Kier molecular flexibility index (Phi) is 7.74. The highest BCUT2D eigenvalue weighted by Gasteiger charge is 2.16. The molecule has 4 aromatic rings. The van der Waals surface area contributed by atoms with Gasteiger partial charge in [0.1, 0.15) is 5.75 Å². The van der Waals surface area contributed by atoms with Crippen molar-refractivity contribution < 1.29 is 14.3 Å². The Morgan fingerprint density at radius 1 is 0.971 bits per heavy atom. The average Bonchev–Trinajstić information content (AvgIpc) is 3.33. The number of carbonyl (C=O) groups excluding carboxylic acids is 2. The number of rotatable bonds is 9. The lowest BCUT2D eigenvalue weighted by Crippen LogP contribution is -2.19. The van der Waals surface area contributed by atoms with E-state index in [1.807, 2.05) is 38.1 Å². The third-order valence-corrected chi connectivity index (χ3v) is 5.91. The zero-order valence-electron chi connectivity index (χ0n) is 19.3. The van der Waals surface area contributed by atoms with Gasteiger partial charge in [0.05, 0.1) is 29.3 Å². The van der Waals surface area contributed by atoms with E-state index in [4.69, 9.17) is 4.74 Å². The van der Waals surface area contributed by atoms with Crippen LogP contribution in [-0.2, 0) is 4.79 Å². The Hall–Kier alpha value is -4.18. The smallest absolute Gasteiger partial charge is 0.257 e. The molecule has 0 aliphatic carbocycles. The summed E-state index contributed by atoms with van der Waals surface area (Å²) in [4.78, 5) is 25.6. The Balaban J connectivity index is 1.40. The molecule has 10 heteroatoms. The van der Waals surface area contributed by atoms with E-state index in [9.17, 15) is 9.59 Å². The van der Waals surface area contributed by atoms with Crippen LogP contribution >= 0.6 is 11.8 Å². The van der Waals surface area contributed by atoms with Crippen LogP contribution in [0.1, 0.15) is 22.8 Å². The number of nitrogens with one attached hydrogen (secondary N) is 2. The van der Waals surface area contributed by atoms with Gasteiger partial charge >= 0.3 is 0 Å². The molecule has 0 unspecified atom stereocenters. The van der Waals surface area contributed by atoms with Gasteiger partial charge in [-0.25, -0.2) is 0 Å². The van der Waals surface area contributed by atoms with E-state index in [0.29, 0.717) is 28.7 Å². The fourth-order valence-electron chi connectivity index (χ4n) is 3.33. The van der Waals surface area contributed by atoms with E-state index >= 15 is 0 Å². The quantitative estimate of drug-likeness (QED) is 0.337. The first-order valence-electron chi connectivity index (χ1n) is 11.0. The second-order valence-corrected chi connectivity index (χ2v) is 8.40. The number of ether oxygens (including phenoxy) is 1. The number of tetrazole rings is 1. The van der Waals surface area contributed by atoms with Gasteiger partial charge in [-0.3, -0.25) is 9.59 Å². The first-order valence-corrected chi connectivity index (χ1v) is 11.9. The van der Waals surface area contributed by atoms with Crippen molar-refractivity contribution in [2.45, 2.75) is 19.0 Å². The van der Waals surface area contributed by atoms with E-state index in [0.717, 1.165) is 17.0 Å². The number of hydrogen-bond acceptors (Lipinski definition) is 7. The van der Waals surface area contributed by atoms with Crippen molar-refractivity contribution in [2.75, 3.05) is 23.0 Å². The van der Waals surface area contributed by atoms with Crippen molar-refractivity contribution >= 4 is 35.0 Å². The molecule has 0 radical (unpaired) electrons. The number of nitrogens with zero attached hydrogens (tertiary/aromatic N) is 4. The molecule has 0 atom stereocenters. The summed E-state index contributed by atoms with van der Waals surface area (Å²) >= 11 is 1.21. The Bertz CT molecular complexity index is 1320. The fraction of sp³-hybridized carbons (Fsp3) is 0.160. The van der Waals surface area contributed by atoms with Gasteiger partial charge in [0.2, 0.25) is 11.1 Å². The van der Waals surface area contributed by atoms with Crippen LogP contribution in [0.4, 0.5) is 11.4 Å². The molecule has 35 heavy (non-hydrogen) atoms. The number of benzene rings is 3. The maximum absolute atomic E-state index is 12.9. The highest BCUT2D eigenvalue weighted by molar-refractivity contribution is 7.99. The van der Waals surface area contributed by atoms with Crippen LogP contribution in [0.2, 0.25) is 0 Å². The predicted octanol–water partition coefficient (Wildman–Crippen LogP) is 4.35. The zero-order valence-corrected chi connectivity index (χ0v) is 20.1. The van der Waals surface area contributed by atoms with Crippen molar-refractivity contribution in [2.24, 2.45) is 0 Å². The first kappa shape index (κ1) is 24.0. The number of anilines is 2. The van der Waals surface area contributed by atoms with Gasteiger partial charge in [-0.2, -0.15) is 4.68 Å². The number of amides is 2. The summed E-state index contributed by atoms with van der Waals surface area (Å²) in [6.45, 7) is 4.44. The Morgan fingerprint density at radius 3 is 2.49 bits per heavy atom. The average molecular weight is 489 g/mol. The maximum atomic E-state index is 12.9. The second-order valence-electron chi connectivity index (χ2n) is 7.45. The zero-order chi connectivity index (χ0) is 24.6. The molecule has 0 bridgehead atoms. The van der Waals surface area contributed by atoms with E-state index < -0.39 is 0 Å². The molecule has 2 N–H and O–H groups in total. The molecular weight excluding hydrogens is 464 g/mol. The van der Waals surface area contributed by atoms with E-state index in [1.54, 1.807) is 53.2 Å². The molecule has 0 aliphatic rings. The van der Waals surface area contributed by atoms with Gasteiger partial charge in [0.25, 0.3) is 5.91 Å². The van der Waals surface area contributed by atoms with Crippen molar-refractivity contribution in [3.8, 4) is 11.4 Å². The summed E-state index contributed by atoms with van der Waals surface area (Å²) in [7, 11) is 0. The van der Waals surface area contributed by atoms with Gasteiger partial charge in [-0.05, 0) is 72.3 Å². The van der Waals surface area contributed by atoms with E-state index in [2.05, 4.69) is 26.2 Å². The van der Waals surface area contributed by atoms with Gasteiger partial charge < -0.3 is 15.4 Å². The summed E-state index contributed by atoms with van der Waals surface area (Å²) in [6, 6.07) is 21.7. The normalized spacial score (nSPS) is 10.6. The van der Waals surface area contributed by atoms with Crippen molar-refractivity contribution in [1.82, 2.24) is 20.2 Å². The van der Waals surface area contributed by atoms with Gasteiger partial charge in [-0.15, -0.1) is 5.10 Å². The molecule has 178 valence electrons. The van der Waals surface area contributed by atoms with Crippen LogP contribution < -0.4 is 15.4 Å². The summed E-state index contributed by atoms with van der Waals surface area (Å²) < 4.78 is 7.03. The molecule has 1 aromatic heterocycles. The number of aromatic nitrogens is 4. The van der Waals surface area contributed by atoms with Gasteiger partial charge in [0, 0.05) is 5.69 Å². The molecule has 0 saturated carbocycles. The van der Waals surface area contributed by atoms with E-state index in [1.165, 1.54) is 11.8 Å². The van der Waals surface area contributed by atoms with Gasteiger partial charge in [-0.1, -0.05) is 42.1 Å². The highest BCUT2D eigenvalue weighted by atomic mass is 32.2. The molecule has 2 amide bonds. The van der Waals surface area contributed by atoms with Crippen LogP contribution in [0.15, 0.2) is 78.0 Å². The lowest BCUT2D eigenvalue weighted by Gasteiger charge is -2.12. The third kappa shape index (κ3) is 6.04. The van der Waals surface area contributed by atoms with Crippen LogP contribution in [-0.4, -0.2) is 44.4 Å². The van der Waals surface area contributed by atoms with Crippen molar-refractivity contribution in [3.63, 3.8) is 0 Å². The third-order valence-electron chi connectivity index (χ3n) is 4.99. The van der Waals surface area contributed by atoms with Crippen LogP contribution in [0, 0.1) is 6.92 Å². The molecular formula is C25H24N6O3S. The number of para-hydroxylation sites is 2. The number of carbonyl (C=O) groups is 2. The molecule has 1 heterocycles. The highest BCUT2D eigenvalue weighted by Crippen LogP contribution is 2.22. The topological polar surface area (TPSA) is 111 Å². The summed E-state index contributed by atoms with van der Waals surface area (Å²) in [5.41, 5.74) is 3.25. The molecule has 3 aromatic carbocycles. The van der Waals surface area contributed by atoms with Crippen molar-refractivity contribution in [3.05, 3.63) is 83.9 Å². The summed E-state index contributed by atoms with van der Waals surface area (Å²) in [6.07, 6.45) is 0. The second kappa shape index (κ2) is 11.3. The first-order chi connectivity index (χ1) is 17.0. The molecule has 0 fully saturated rings. The minimum Gasteiger partial charge on any atom is -0.494 e. The molecule has 4 rings (SSSR count). The monoisotopic (exact) mass is 488 g/mol. The maximum Gasteiger partial charge on any atom is 0.257 e. The lowest BCUT2D eigenvalue weighted by molar-refractivity contribution is -0.113. The number of thioether (sulfide) groups is 1. The van der Waals surface area contributed by atoms with Crippen LogP contribution in [0.5, 0.6) is 5.75 Å². The van der Waals surface area contributed by atoms with Crippen LogP contribution in [0.25, 0.3) is 5.69 Å². The van der Waals surface area contributed by atoms with Crippen LogP contribution in [0.3, 0.4) is 0 Å². The number of aryl methyl sites for hydroxylation is 1. The Morgan fingerprint density at radius 2 is 1.71 bits per heavy atom.